The average molecular weight is 337 g/mol. The molecule has 0 bridgehead atoms. The summed E-state index contributed by atoms with van der Waals surface area (Å²) in [6, 6.07) is 16.9. The second kappa shape index (κ2) is 8.44. The standard InChI is InChI=1S/C20H23N3O2/c24-19(22-14-12-15-5-2-1-3-6-15)16-8-10-17(11-9-16)23-20(25)18-7-4-13-21-18/h1-3,5-6,8-11,18,21H,4,7,12-14H2,(H,22,24)(H,23,25). The topological polar surface area (TPSA) is 70.2 Å². The van der Waals surface area contributed by atoms with Gasteiger partial charge in [0, 0.05) is 17.8 Å². The monoisotopic (exact) mass is 337 g/mol. The second-order valence-electron chi connectivity index (χ2n) is 6.21. The van der Waals surface area contributed by atoms with Crippen LogP contribution in [-0.2, 0) is 11.2 Å². The Labute approximate surface area is 147 Å². The van der Waals surface area contributed by atoms with E-state index in [0.29, 0.717) is 17.8 Å². The van der Waals surface area contributed by atoms with Gasteiger partial charge >= 0.3 is 0 Å². The third-order valence-corrected chi connectivity index (χ3v) is 4.33. The van der Waals surface area contributed by atoms with Crippen molar-refractivity contribution < 1.29 is 9.59 Å². The zero-order valence-corrected chi connectivity index (χ0v) is 14.1. The zero-order valence-electron chi connectivity index (χ0n) is 14.1. The number of carbonyl (C=O) groups is 2. The van der Waals surface area contributed by atoms with Crippen LogP contribution in [0.4, 0.5) is 5.69 Å². The van der Waals surface area contributed by atoms with Gasteiger partial charge in [-0.25, -0.2) is 0 Å². The lowest BCUT2D eigenvalue weighted by Gasteiger charge is -2.11. The molecule has 3 N–H and O–H groups in total. The lowest BCUT2D eigenvalue weighted by atomic mass is 10.1. The van der Waals surface area contributed by atoms with Crippen molar-refractivity contribution in [2.75, 3.05) is 18.4 Å². The van der Waals surface area contributed by atoms with E-state index in [0.717, 1.165) is 25.8 Å². The molecule has 0 radical (unpaired) electrons. The molecule has 0 aliphatic carbocycles. The number of nitrogens with one attached hydrogen (secondary N) is 3. The lowest BCUT2D eigenvalue weighted by molar-refractivity contribution is -0.117. The number of hydrogen-bond donors (Lipinski definition) is 3. The Morgan fingerprint density at radius 1 is 1.04 bits per heavy atom. The molecule has 5 nitrogen and oxygen atoms in total. The van der Waals surface area contributed by atoms with Gasteiger partial charge in [0.15, 0.2) is 0 Å². The van der Waals surface area contributed by atoms with Crippen molar-refractivity contribution in [1.29, 1.82) is 0 Å². The first-order valence-electron chi connectivity index (χ1n) is 8.69. The number of carbonyl (C=O) groups excluding carboxylic acids is 2. The maximum atomic E-state index is 12.2. The summed E-state index contributed by atoms with van der Waals surface area (Å²) in [5, 5.41) is 8.96. The first-order valence-corrected chi connectivity index (χ1v) is 8.69. The molecule has 2 aromatic carbocycles. The third kappa shape index (κ3) is 4.90. The Morgan fingerprint density at radius 2 is 1.80 bits per heavy atom. The SMILES string of the molecule is O=C(NCCc1ccccc1)c1ccc(NC(=O)C2CCCN2)cc1. The fraction of sp³-hybridized carbons (Fsp3) is 0.300. The lowest BCUT2D eigenvalue weighted by Crippen LogP contribution is -2.35. The Bertz CT molecular complexity index is 707. The molecule has 5 heteroatoms. The highest BCUT2D eigenvalue weighted by Gasteiger charge is 2.21. The average Bonchev–Trinajstić information content (AvgIpc) is 3.18. The summed E-state index contributed by atoms with van der Waals surface area (Å²) < 4.78 is 0. The molecule has 1 atom stereocenters. The predicted octanol–water partition coefficient (Wildman–Crippen LogP) is 2.35. The summed E-state index contributed by atoms with van der Waals surface area (Å²) >= 11 is 0. The number of hydrogen-bond acceptors (Lipinski definition) is 3. The Kier molecular flexibility index (Phi) is 5.80. The van der Waals surface area contributed by atoms with Gasteiger partial charge in [-0.2, -0.15) is 0 Å². The molecule has 3 rings (SSSR count). The van der Waals surface area contributed by atoms with Gasteiger partial charge in [0.25, 0.3) is 5.91 Å². The maximum Gasteiger partial charge on any atom is 0.251 e. The largest absolute Gasteiger partial charge is 0.352 e. The minimum Gasteiger partial charge on any atom is -0.352 e. The van der Waals surface area contributed by atoms with E-state index in [1.54, 1.807) is 24.3 Å². The summed E-state index contributed by atoms with van der Waals surface area (Å²) in [5.41, 5.74) is 2.49. The molecule has 0 saturated carbocycles. The van der Waals surface area contributed by atoms with Crippen LogP contribution in [0.25, 0.3) is 0 Å². The summed E-state index contributed by atoms with van der Waals surface area (Å²) in [6.07, 6.45) is 2.70. The van der Waals surface area contributed by atoms with Gasteiger partial charge in [-0.05, 0) is 55.6 Å². The van der Waals surface area contributed by atoms with Crippen LogP contribution in [0, 0.1) is 0 Å². The van der Waals surface area contributed by atoms with Crippen molar-refractivity contribution in [3.63, 3.8) is 0 Å². The molecule has 0 aromatic heterocycles. The van der Waals surface area contributed by atoms with Crippen molar-refractivity contribution >= 4 is 17.5 Å². The number of benzene rings is 2. The van der Waals surface area contributed by atoms with E-state index in [9.17, 15) is 9.59 Å². The Morgan fingerprint density at radius 3 is 2.48 bits per heavy atom. The summed E-state index contributed by atoms with van der Waals surface area (Å²) in [7, 11) is 0. The zero-order chi connectivity index (χ0) is 17.5. The summed E-state index contributed by atoms with van der Waals surface area (Å²) in [6.45, 7) is 1.48. The van der Waals surface area contributed by atoms with Crippen molar-refractivity contribution in [2.45, 2.75) is 25.3 Å². The molecule has 2 amide bonds. The van der Waals surface area contributed by atoms with Crippen LogP contribution < -0.4 is 16.0 Å². The Hall–Kier alpha value is -2.66. The van der Waals surface area contributed by atoms with Crippen LogP contribution in [0.1, 0.15) is 28.8 Å². The molecule has 1 fully saturated rings. The van der Waals surface area contributed by atoms with Crippen molar-refractivity contribution in [2.24, 2.45) is 0 Å². The van der Waals surface area contributed by atoms with Crippen LogP contribution in [-0.4, -0.2) is 30.9 Å². The van der Waals surface area contributed by atoms with E-state index in [1.165, 1.54) is 5.56 Å². The summed E-state index contributed by atoms with van der Waals surface area (Å²) in [4.78, 5) is 24.2. The fourth-order valence-corrected chi connectivity index (χ4v) is 2.91. The molecule has 25 heavy (non-hydrogen) atoms. The van der Waals surface area contributed by atoms with Crippen LogP contribution in [0.2, 0.25) is 0 Å². The smallest absolute Gasteiger partial charge is 0.251 e. The van der Waals surface area contributed by atoms with E-state index >= 15 is 0 Å². The molecule has 1 aliphatic rings. The molecular weight excluding hydrogens is 314 g/mol. The third-order valence-electron chi connectivity index (χ3n) is 4.33. The first kappa shape index (κ1) is 17.2. The number of amides is 2. The van der Waals surface area contributed by atoms with E-state index in [-0.39, 0.29) is 17.9 Å². The van der Waals surface area contributed by atoms with Crippen LogP contribution in [0.15, 0.2) is 54.6 Å². The van der Waals surface area contributed by atoms with Gasteiger partial charge in [0.05, 0.1) is 6.04 Å². The van der Waals surface area contributed by atoms with Gasteiger partial charge in [0.1, 0.15) is 0 Å². The van der Waals surface area contributed by atoms with Gasteiger partial charge in [0.2, 0.25) is 5.91 Å². The van der Waals surface area contributed by atoms with Crippen molar-refractivity contribution in [3.8, 4) is 0 Å². The molecular formula is C20H23N3O2. The second-order valence-corrected chi connectivity index (χ2v) is 6.21. The molecule has 130 valence electrons. The molecule has 1 heterocycles. The van der Waals surface area contributed by atoms with Crippen molar-refractivity contribution in [1.82, 2.24) is 10.6 Å². The van der Waals surface area contributed by atoms with E-state index in [4.69, 9.17) is 0 Å². The quantitative estimate of drug-likeness (QED) is 0.758. The predicted molar refractivity (Wildman–Crippen MR) is 98.6 cm³/mol. The van der Waals surface area contributed by atoms with Gasteiger partial charge < -0.3 is 16.0 Å². The van der Waals surface area contributed by atoms with Gasteiger partial charge in [-0.3, -0.25) is 9.59 Å². The highest BCUT2D eigenvalue weighted by Crippen LogP contribution is 2.12. The minimum atomic E-state index is -0.110. The molecule has 0 spiro atoms. The normalized spacial score (nSPS) is 16.4. The molecule has 2 aromatic rings. The maximum absolute atomic E-state index is 12.2. The van der Waals surface area contributed by atoms with Crippen LogP contribution >= 0.6 is 0 Å². The molecule has 1 unspecified atom stereocenters. The van der Waals surface area contributed by atoms with E-state index in [2.05, 4.69) is 16.0 Å². The highest BCUT2D eigenvalue weighted by molar-refractivity contribution is 5.97. The Balaban J connectivity index is 1.47. The van der Waals surface area contributed by atoms with E-state index < -0.39 is 0 Å². The minimum absolute atomic E-state index is 0.0161. The van der Waals surface area contributed by atoms with Crippen molar-refractivity contribution in [3.05, 3.63) is 65.7 Å². The summed E-state index contributed by atoms with van der Waals surface area (Å²) in [5.74, 6) is -0.121. The number of rotatable bonds is 6. The fourth-order valence-electron chi connectivity index (χ4n) is 2.91. The molecule has 1 saturated heterocycles. The van der Waals surface area contributed by atoms with Gasteiger partial charge in [-0.15, -0.1) is 0 Å². The van der Waals surface area contributed by atoms with Crippen LogP contribution in [0.3, 0.4) is 0 Å². The molecule has 1 aliphatic heterocycles. The number of anilines is 1. The van der Waals surface area contributed by atoms with Crippen LogP contribution in [0.5, 0.6) is 0 Å². The first-order chi connectivity index (χ1) is 12.2. The van der Waals surface area contributed by atoms with Gasteiger partial charge in [-0.1, -0.05) is 30.3 Å². The highest BCUT2D eigenvalue weighted by atomic mass is 16.2. The van der Waals surface area contributed by atoms with E-state index in [1.807, 2.05) is 30.3 Å².